The Labute approximate surface area is 102 Å². The predicted octanol–water partition coefficient (Wildman–Crippen LogP) is 3.28. The number of hydrogen-bond acceptors (Lipinski definition) is 4. The quantitative estimate of drug-likeness (QED) is 0.741. The molecule has 5 heteroatoms. The molecule has 0 saturated heterocycles. The van der Waals surface area contributed by atoms with E-state index in [1.807, 2.05) is 29.1 Å². The van der Waals surface area contributed by atoms with Crippen molar-refractivity contribution in [3.63, 3.8) is 0 Å². The van der Waals surface area contributed by atoms with E-state index in [2.05, 4.69) is 26.3 Å². The third-order valence-corrected chi connectivity index (χ3v) is 2.94. The summed E-state index contributed by atoms with van der Waals surface area (Å²) < 4.78 is 0. The highest BCUT2D eigenvalue weighted by atomic mass is 32.1. The number of rotatable bonds is 3. The first-order valence-electron chi connectivity index (χ1n) is 5.17. The summed E-state index contributed by atoms with van der Waals surface area (Å²) in [5.41, 5.74) is 4.92. The molecular formula is C12H10N4S. The monoisotopic (exact) mass is 242 g/mol. The summed E-state index contributed by atoms with van der Waals surface area (Å²) in [4.78, 5) is 11.4. The largest absolute Gasteiger partial charge is 0.331 e. The van der Waals surface area contributed by atoms with Gasteiger partial charge in [-0.05, 0) is 12.1 Å². The van der Waals surface area contributed by atoms with Crippen LogP contribution in [0, 0.1) is 0 Å². The number of nitrogens with one attached hydrogen (secondary N) is 2. The zero-order valence-electron chi connectivity index (χ0n) is 8.92. The molecule has 0 unspecified atom stereocenters. The van der Waals surface area contributed by atoms with E-state index in [1.54, 1.807) is 23.7 Å². The van der Waals surface area contributed by atoms with Gasteiger partial charge in [0.15, 0.2) is 0 Å². The lowest BCUT2D eigenvalue weighted by Crippen LogP contribution is -1.92. The third kappa shape index (κ3) is 2.19. The lowest BCUT2D eigenvalue weighted by molar-refractivity contribution is 1.29. The smallest absolute Gasteiger partial charge is 0.204 e. The molecule has 0 amide bonds. The summed E-state index contributed by atoms with van der Waals surface area (Å²) in [7, 11) is 0. The Balaban J connectivity index is 1.89. The maximum absolute atomic E-state index is 4.29. The van der Waals surface area contributed by atoms with Crippen molar-refractivity contribution >= 4 is 23.0 Å². The van der Waals surface area contributed by atoms with Crippen LogP contribution in [0.4, 0.5) is 11.6 Å². The van der Waals surface area contributed by atoms with Crippen LogP contribution in [0.5, 0.6) is 0 Å². The van der Waals surface area contributed by atoms with Gasteiger partial charge in [-0.3, -0.25) is 0 Å². The van der Waals surface area contributed by atoms with Crippen molar-refractivity contribution in [3.8, 4) is 11.3 Å². The van der Waals surface area contributed by atoms with E-state index in [0.717, 1.165) is 22.9 Å². The maximum atomic E-state index is 4.29. The topological polar surface area (TPSA) is 53.6 Å². The van der Waals surface area contributed by atoms with Crippen molar-refractivity contribution in [3.05, 3.63) is 47.5 Å². The number of nitrogens with zero attached hydrogens (tertiary/aromatic N) is 2. The molecule has 0 bridgehead atoms. The molecule has 3 aromatic rings. The average Bonchev–Trinajstić information content (AvgIpc) is 3.01. The Bertz CT molecular complexity index is 587. The zero-order valence-corrected chi connectivity index (χ0v) is 9.74. The molecular weight excluding hydrogens is 232 g/mol. The molecule has 2 N–H and O–H groups in total. The van der Waals surface area contributed by atoms with Crippen LogP contribution >= 0.6 is 11.3 Å². The number of imidazole rings is 1. The number of H-pyrrole nitrogens is 1. The molecule has 0 radical (unpaired) electrons. The maximum Gasteiger partial charge on any atom is 0.204 e. The summed E-state index contributed by atoms with van der Waals surface area (Å²) in [6, 6.07) is 8.10. The van der Waals surface area contributed by atoms with E-state index in [0.29, 0.717) is 0 Å². The van der Waals surface area contributed by atoms with Gasteiger partial charge < -0.3 is 10.3 Å². The molecule has 0 atom stereocenters. The molecule has 3 rings (SSSR count). The molecule has 84 valence electrons. The first-order valence-corrected chi connectivity index (χ1v) is 6.11. The van der Waals surface area contributed by atoms with Gasteiger partial charge in [0.1, 0.15) is 0 Å². The number of thiazole rings is 1. The molecule has 2 aromatic heterocycles. The minimum atomic E-state index is 0.737. The molecule has 0 aliphatic rings. The van der Waals surface area contributed by atoms with Gasteiger partial charge in [0.2, 0.25) is 5.95 Å². The average molecular weight is 242 g/mol. The SMILES string of the molecule is c1cc(Nc2ncc[nH]2)cc(-c2cscn2)c1. The van der Waals surface area contributed by atoms with Gasteiger partial charge in [0.25, 0.3) is 0 Å². The Morgan fingerprint density at radius 3 is 3.00 bits per heavy atom. The molecule has 0 spiro atoms. The fourth-order valence-electron chi connectivity index (χ4n) is 1.58. The van der Waals surface area contributed by atoms with Crippen molar-refractivity contribution in [2.45, 2.75) is 0 Å². The van der Waals surface area contributed by atoms with Crippen LogP contribution in [-0.4, -0.2) is 15.0 Å². The summed E-state index contributed by atoms with van der Waals surface area (Å²) in [5.74, 6) is 0.737. The highest BCUT2D eigenvalue weighted by molar-refractivity contribution is 7.07. The van der Waals surface area contributed by atoms with E-state index >= 15 is 0 Å². The van der Waals surface area contributed by atoms with Gasteiger partial charge in [-0.2, -0.15) is 0 Å². The van der Waals surface area contributed by atoms with Gasteiger partial charge >= 0.3 is 0 Å². The molecule has 17 heavy (non-hydrogen) atoms. The first-order chi connectivity index (χ1) is 8.42. The van der Waals surface area contributed by atoms with E-state index in [1.165, 1.54) is 0 Å². The summed E-state index contributed by atoms with van der Waals surface area (Å²) in [6.45, 7) is 0. The Morgan fingerprint density at radius 1 is 1.24 bits per heavy atom. The van der Waals surface area contributed by atoms with Gasteiger partial charge in [-0.15, -0.1) is 11.3 Å². The number of hydrogen-bond donors (Lipinski definition) is 2. The number of aromatic nitrogens is 3. The van der Waals surface area contributed by atoms with Crippen LogP contribution in [-0.2, 0) is 0 Å². The predicted molar refractivity (Wildman–Crippen MR) is 69.4 cm³/mol. The summed E-state index contributed by atoms with van der Waals surface area (Å²) >= 11 is 1.60. The Morgan fingerprint density at radius 2 is 2.24 bits per heavy atom. The number of benzene rings is 1. The summed E-state index contributed by atoms with van der Waals surface area (Å²) in [5, 5.41) is 5.23. The molecule has 0 aliphatic heterocycles. The molecule has 0 saturated carbocycles. The number of aromatic amines is 1. The zero-order chi connectivity index (χ0) is 11.5. The molecule has 1 aromatic carbocycles. The standard InChI is InChI=1S/C12H10N4S/c1-2-9(11-7-17-8-15-11)6-10(3-1)16-12-13-4-5-14-12/h1-8H,(H2,13,14,16). The van der Waals surface area contributed by atoms with Gasteiger partial charge in [-0.25, -0.2) is 9.97 Å². The van der Waals surface area contributed by atoms with Gasteiger partial charge in [0, 0.05) is 29.0 Å². The fourth-order valence-corrected chi connectivity index (χ4v) is 2.14. The normalized spacial score (nSPS) is 10.4. The Kier molecular flexibility index (Phi) is 2.59. The highest BCUT2D eigenvalue weighted by Gasteiger charge is 2.01. The Hall–Kier alpha value is -2.14. The second-order valence-electron chi connectivity index (χ2n) is 3.52. The molecule has 2 heterocycles. The van der Waals surface area contributed by atoms with Crippen LogP contribution in [0.3, 0.4) is 0 Å². The van der Waals surface area contributed by atoms with Crippen LogP contribution in [0.25, 0.3) is 11.3 Å². The molecule has 0 fully saturated rings. The van der Waals surface area contributed by atoms with Gasteiger partial charge in [0.05, 0.1) is 11.2 Å². The van der Waals surface area contributed by atoms with Crippen LogP contribution in [0.2, 0.25) is 0 Å². The van der Waals surface area contributed by atoms with Crippen molar-refractivity contribution in [1.29, 1.82) is 0 Å². The van der Waals surface area contributed by atoms with E-state index < -0.39 is 0 Å². The lowest BCUT2D eigenvalue weighted by atomic mass is 10.1. The minimum absolute atomic E-state index is 0.737. The highest BCUT2D eigenvalue weighted by Crippen LogP contribution is 2.23. The van der Waals surface area contributed by atoms with Crippen molar-refractivity contribution in [2.24, 2.45) is 0 Å². The van der Waals surface area contributed by atoms with Crippen LogP contribution in [0.15, 0.2) is 47.5 Å². The third-order valence-electron chi connectivity index (χ3n) is 2.35. The van der Waals surface area contributed by atoms with Crippen molar-refractivity contribution < 1.29 is 0 Å². The second-order valence-corrected chi connectivity index (χ2v) is 4.24. The van der Waals surface area contributed by atoms with Crippen LogP contribution in [0.1, 0.15) is 0 Å². The van der Waals surface area contributed by atoms with E-state index in [-0.39, 0.29) is 0 Å². The molecule has 0 aliphatic carbocycles. The summed E-state index contributed by atoms with van der Waals surface area (Å²) in [6.07, 6.45) is 3.50. The second kappa shape index (κ2) is 4.39. The lowest BCUT2D eigenvalue weighted by Gasteiger charge is -2.04. The van der Waals surface area contributed by atoms with Crippen LogP contribution < -0.4 is 5.32 Å². The first kappa shape index (κ1) is 10.0. The van der Waals surface area contributed by atoms with E-state index in [9.17, 15) is 0 Å². The van der Waals surface area contributed by atoms with Crippen molar-refractivity contribution in [1.82, 2.24) is 15.0 Å². The molecule has 4 nitrogen and oxygen atoms in total. The van der Waals surface area contributed by atoms with E-state index in [4.69, 9.17) is 0 Å². The minimum Gasteiger partial charge on any atom is -0.331 e. The van der Waals surface area contributed by atoms with Gasteiger partial charge in [-0.1, -0.05) is 12.1 Å². The number of anilines is 2. The van der Waals surface area contributed by atoms with Crippen molar-refractivity contribution in [2.75, 3.05) is 5.32 Å². The fraction of sp³-hybridized carbons (Fsp3) is 0.